The summed E-state index contributed by atoms with van der Waals surface area (Å²) in [5.41, 5.74) is 6.01. The van der Waals surface area contributed by atoms with Gasteiger partial charge in [0.25, 0.3) is 5.91 Å². The lowest BCUT2D eigenvalue weighted by Crippen LogP contribution is -2.11. The van der Waals surface area contributed by atoms with Crippen molar-refractivity contribution in [2.24, 2.45) is 0 Å². The van der Waals surface area contributed by atoms with Gasteiger partial charge >= 0.3 is 0 Å². The summed E-state index contributed by atoms with van der Waals surface area (Å²) in [7, 11) is 0. The smallest absolute Gasteiger partial charge is 0.255 e. The zero-order chi connectivity index (χ0) is 17.2. The van der Waals surface area contributed by atoms with Crippen molar-refractivity contribution in [2.45, 2.75) is 13.8 Å². The van der Waals surface area contributed by atoms with Gasteiger partial charge in [-0.05, 0) is 26.0 Å². The molecule has 0 saturated carbocycles. The maximum absolute atomic E-state index is 11.8. The molecule has 1 amide bonds. The number of hydrogen-bond acceptors (Lipinski definition) is 5. The number of phenolic OH excluding ortho intramolecular Hbond substituents is 2. The van der Waals surface area contributed by atoms with Gasteiger partial charge in [-0.15, -0.1) is 0 Å². The summed E-state index contributed by atoms with van der Waals surface area (Å²) in [4.78, 5) is 11.8. The Balaban J connectivity index is 0.000000463. The lowest BCUT2D eigenvalue weighted by molar-refractivity contribution is 0.102. The molecule has 2 aromatic rings. The highest BCUT2D eigenvalue weighted by Gasteiger charge is 2.11. The molecule has 0 radical (unpaired) electrons. The number of benzene rings is 2. The number of rotatable bonds is 4. The summed E-state index contributed by atoms with van der Waals surface area (Å²) in [5.74, 6) is -0.777. The van der Waals surface area contributed by atoms with Crippen molar-refractivity contribution in [3.8, 4) is 11.5 Å². The maximum Gasteiger partial charge on any atom is 0.255 e. The highest BCUT2D eigenvalue weighted by molar-refractivity contribution is 6.05. The Labute approximate surface area is 135 Å². The van der Waals surface area contributed by atoms with Crippen LogP contribution in [-0.4, -0.2) is 29.3 Å². The molecule has 23 heavy (non-hydrogen) atoms. The number of anilines is 2. The van der Waals surface area contributed by atoms with Crippen molar-refractivity contribution in [1.82, 2.24) is 0 Å². The molecule has 2 rings (SSSR count). The first kappa shape index (κ1) is 18.3. The molecule has 0 heterocycles. The van der Waals surface area contributed by atoms with Crippen LogP contribution in [0, 0.1) is 0 Å². The molecule has 6 heteroatoms. The lowest BCUT2D eigenvalue weighted by atomic mass is 10.2. The van der Waals surface area contributed by atoms with E-state index in [4.69, 9.17) is 10.5 Å². The van der Waals surface area contributed by atoms with E-state index in [2.05, 4.69) is 5.32 Å². The SMILES string of the molecule is CCOCC.Nc1cc(O)c(NC(=O)c2ccccc2)cc1O. The number of ether oxygens (including phenoxy) is 1. The van der Waals surface area contributed by atoms with Crippen LogP contribution in [0.25, 0.3) is 0 Å². The Hall–Kier alpha value is -2.73. The molecule has 6 nitrogen and oxygen atoms in total. The quantitative estimate of drug-likeness (QED) is 0.394. The van der Waals surface area contributed by atoms with E-state index < -0.39 is 0 Å². The van der Waals surface area contributed by atoms with Gasteiger partial charge in [-0.25, -0.2) is 0 Å². The maximum atomic E-state index is 11.8. The topological polar surface area (TPSA) is 105 Å². The number of hydrogen-bond donors (Lipinski definition) is 4. The molecule has 0 aliphatic rings. The Morgan fingerprint density at radius 2 is 1.70 bits per heavy atom. The van der Waals surface area contributed by atoms with E-state index in [1.165, 1.54) is 12.1 Å². The van der Waals surface area contributed by atoms with E-state index in [9.17, 15) is 15.0 Å². The van der Waals surface area contributed by atoms with Crippen LogP contribution in [0.3, 0.4) is 0 Å². The third-order valence-electron chi connectivity index (χ3n) is 2.84. The van der Waals surface area contributed by atoms with Crippen LogP contribution in [0.4, 0.5) is 11.4 Å². The van der Waals surface area contributed by atoms with Crippen LogP contribution in [0.15, 0.2) is 42.5 Å². The van der Waals surface area contributed by atoms with Gasteiger partial charge < -0.3 is 26.0 Å². The van der Waals surface area contributed by atoms with Gasteiger partial charge in [-0.2, -0.15) is 0 Å². The van der Waals surface area contributed by atoms with Crippen molar-refractivity contribution >= 4 is 17.3 Å². The second-order valence-electron chi connectivity index (χ2n) is 4.53. The van der Waals surface area contributed by atoms with Crippen molar-refractivity contribution < 1.29 is 19.7 Å². The number of amides is 1. The van der Waals surface area contributed by atoms with E-state index in [0.717, 1.165) is 13.2 Å². The minimum atomic E-state index is -0.380. The fraction of sp³-hybridized carbons (Fsp3) is 0.235. The van der Waals surface area contributed by atoms with Gasteiger partial charge in [-0.1, -0.05) is 18.2 Å². The zero-order valence-electron chi connectivity index (χ0n) is 13.2. The van der Waals surface area contributed by atoms with Crippen molar-refractivity contribution in [1.29, 1.82) is 0 Å². The van der Waals surface area contributed by atoms with Crippen LogP contribution in [0.2, 0.25) is 0 Å². The number of aromatic hydroxyl groups is 2. The first-order valence-electron chi connectivity index (χ1n) is 7.25. The van der Waals surface area contributed by atoms with Crippen LogP contribution >= 0.6 is 0 Å². The predicted octanol–water partition coefficient (Wildman–Crippen LogP) is 2.98. The van der Waals surface area contributed by atoms with E-state index in [-0.39, 0.29) is 28.8 Å². The van der Waals surface area contributed by atoms with Crippen LogP contribution in [-0.2, 0) is 4.74 Å². The molecule has 0 aliphatic carbocycles. The minimum absolute atomic E-state index is 0.0465. The molecule has 0 aromatic heterocycles. The molecule has 0 saturated heterocycles. The molecule has 0 bridgehead atoms. The van der Waals surface area contributed by atoms with Gasteiger partial charge in [0.05, 0.1) is 11.4 Å². The number of phenols is 2. The predicted molar refractivity (Wildman–Crippen MR) is 90.7 cm³/mol. The first-order chi connectivity index (χ1) is 11.0. The number of nitrogens with one attached hydrogen (secondary N) is 1. The molecular formula is C17H22N2O4. The van der Waals surface area contributed by atoms with Gasteiger partial charge in [0, 0.05) is 30.9 Å². The molecule has 124 valence electrons. The summed E-state index contributed by atoms with van der Waals surface area (Å²) in [6.45, 7) is 5.67. The van der Waals surface area contributed by atoms with Crippen molar-refractivity contribution in [3.63, 3.8) is 0 Å². The monoisotopic (exact) mass is 318 g/mol. The van der Waals surface area contributed by atoms with Crippen LogP contribution in [0.1, 0.15) is 24.2 Å². The molecule has 0 atom stereocenters. The van der Waals surface area contributed by atoms with Crippen molar-refractivity contribution in [2.75, 3.05) is 24.3 Å². The Morgan fingerprint density at radius 1 is 1.09 bits per heavy atom. The third kappa shape index (κ3) is 5.88. The van der Waals surface area contributed by atoms with Crippen LogP contribution < -0.4 is 11.1 Å². The summed E-state index contributed by atoms with van der Waals surface area (Å²) < 4.78 is 4.83. The second kappa shape index (κ2) is 9.32. The molecule has 0 aliphatic heterocycles. The lowest BCUT2D eigenvalue weighted by Gasteiger charge is -2.09. The summed E-state index contributed by atoms with van der Waals surface area (Å²) in [6.07, 6.45) is 0. The highest BCUT2D eigenvalue weighted by Crippen LogP contribution is 2.33. The van der Waals surface area contributed by atoms with E-state index in [1.807, 2.05) is 13.8 Å². The number of nitrogens with two attached hydrogens (primary N) is 1. The van der Waals surface area contributed by atoms with Crippen LogP contribution in [0.5, 0.6) is 11.5 Å². The van der Waals surface area contributed by atoms with E-state index in [0.29, 0.717) is 5.56 Å². The third-order valence-corrected chi connectivity index (χ3v) is 2.84. The first-order valence-corrected chi connectivity index (χ1v) is 7.25. The van der Waals surface area contributed by atoms with Crippen molar-refractivity contribution in [3.05, 3.63) is 48.0 Å². The minimum Gasteiger partial charge on any atom is -0.506 e. The highest BCUT2D eigenvalue weighted by atomic mass is 16.5. The molecule has 0 unspecified atom stereocenters. The number of carbonyl (C=O) groups excluding carboxylic acids is 1. The van der Waals surface area contributed by atoms with Gasteiger partial charge in [0.15, 0.2) is 0 Å². The number of nitrogen functional groups attached to an aromatic ring is 1. The average Bonchev–Trinajstić information content (AvgIpc) is 2.55. The van der Waals surface area contributed by atoms with E-state index in [1.54, 1.807) is 30.3 Å². The molecule has 0 fully saturated rings. The van der Waals surface area contributed by atoms with Gasteiger partial charge in [0.2, 0.25) is 0 Å². The largest absolute Gasteiger partial charge is 0.506 e. The zero-order valence-corrected chi connectivity index (χ0v) is 13.2. The molecule has 5 N–H and O–H groups in total. The summed E-state index contributed by atoms with van der Waals surface area (Å²) in [6, 6.07) is 10.9. The van der Waals surface area contributed by atoms with E-state index >= 15 is 0 Å². The molecule has 2 aromatic carbocycles. The summed E-state index contributed by atoms with van der Waals surface area (Å²) in [5, 5.41) is 21.5. The van der Waals surface area contributed by atoms with Gasteiger partial charge in [-0.3, -0.25) is 4.79 Å². The Kier molecular flexibility index (Phi) is 7.42. The Morgan fingerprint density at radius 3 is 2.22 bits per heavy atom. The van der Waals surface area contributed by atoms with Gasteiger partial charge in [0.1, 0.15) is 11.5 Å². The molecule has 0 spiro atoms. The Bertz CT molecular complexity index is 628. The fourth-order valence-corrected chi connectivity index (χ4v) is 1.68. The number of carbonyl (C=O) groups is 1. The second-order valence-corrected chi connectivity index (χ2v) is 4.53. The average molecular weight is 318 g/mol. The molecular weight excluding hydrogens is 296 g/mol. The summed E-state index contributed by atoms with van der Waals surface area (Å²) >= 11 is 0. The standard InChI is InChI=1S/C13H12N2O3.C4H10O/c14-9-6-12(17)10(7-11(9)16)15-13(18)8-4-2-1-3-5-8;1-3-5-4-2/h1-7,16-17H,14H2,(H,15,18);3-4H2,1-2H3. The fourth-order valence-electron chi connectivity index (χ4n) is 1.68. The normalized spacial score (nSPS) is 9.65.